The van der Waals surface area contributed by atoms with Crippen molar-refractivity contribution in [2.75, 3.05) is 6.61 Å². The van der Waals surface area contributed by atoms with Crippen LogP contribution in [0.25, 0.3) is 10.8 Å². The van der Waals surface area contributed by atoms with Crippen molar-refractivity contribution in [2.24, 2.45) is 0 Å². The Hall–Kier alpha value is -1.85. The molecule has 0 fully saturated rings. The Balaban J connectivity index is 2.52. The topological polar surface area (TPSA) is 66.8 Å². The molecule has 0 heterocycles. The van der Waals surface area contributed by atoms with Crippen LogP contribution < -0.4 is 10.2 Å². The summed E-state index contributed by atoms with van der Waals surface area (Å²) < 4.78 is 5.30. The number of benzene rings is 2. The average Bonchev–Trinajstić information content (AvgIpc) is 2.35. The first-order valence-corrected chi connectivity index (χ1v) is 5.59. The number of carbonyl (C=O) groups excluding carboxylic acids is 1. The van der Waals surface area contributed by atoms with Gasteiger partial charge in [0.25, 0.3) is 0 Å². The van der Waals surface area contributed by atoms with E-state index in [1.807, 2.05) is 24.3 Å². The van der Waals surface area contributed by atoms with Crippen molar-refractivity contribution in [3.05, 3.63) is 36.4 Å². The first-order chi connectivity index (χ1) is 8.59. The van der Waals surface area contributed by atoms with Gasteiger partial charge in [-0.25, -0.2) is 0 Å². The summed E-state index contributed by atoms with van der Waals surface area (Å²) in [7, 11) is -1.64. The zero-order valence-electron chi connectivity index (χ0n) is 9.96. The van der Waals surface area contributed by atoms with E-state index in [-0.39, 0.29) is 17.9 Å². The van der Waals surface area contributed by atoms with E-state index in [0.717, 1.165) is 5.39 Å². The minimum Gasteiger partial charge on any atom is -0.486 e. The maximum atomic E-state index is 10.9. The second kappa shape index (κ2) is 5.20. The molecule has 0 atom stereocenters. The standard InChI is InChI=1S/C13H13BO4/c1-9(15)8-18-12-7-6-10-4-2-3-5-11(10)13(12)14(16)17/h2-7,16-17H,8H2,1H3. The third-order valence-electron chi connectivity index (χ3n) is 2.62. The van der Waals surface area contributed by atoms with Gasteiger partial charge in [0.2, 0.25) is 0 Å². The molecular formula is C13H13BO4. The highest BCUT2D eigenvalue weighted by atomic mass is 16.5. The summed E-state index contributed by atoms with van der Waals surface area (Å²) in [4.78, 5) is 10.9. The Labute approximate surface area is 105 Å². The number of Topliss-reactive ketones (excluding diaryl/α,β-unsaturated/α-hetero) is 1. The predicted octanol–water partition coefficient (Wildman–Crippen LogP) is 0.487. The summed E-state index contributed by atoms with van der Waals surface area (Å²) in [5, 5.41) is 20.5. The fourth-order valence-electron chi connectivity index (χ4n) is 1.85. The van der Waals surface area contributed by atoms with Gasteiger partial charge in [-0.3, -0.25) is 4.79 Å². The fraction of sp³-hybridized carbons (Fsp3) is 0.154. The van der Waals surface area contributed by atoms with Gasteiger partial charge < -0.3 is 14.8 Å². The maximum absolute atomic E-state index is 10.9. The van der Waals surface area contributed by atoms with Crippen molar-refractivity contribution in [3.8, 4) is 5.75 Å². The molecule has 0 aromatic heterocycles. The fourth-order valence-corrected chi connectivity index (χ4v) is 1.85. The van der Waals surface area contributed by atoms with Gasteiger partial charge in [-0.1, -0.05) is 30.3 Å². The van der Waals surface area contributed by atoms with Gasteiger partial charge in [-0.15, -0.1) is 0 Å². The van der Waals surface area contributed by atoms with Gasteiger partial charge in [0, 0.05) is 5.46 Å². The van der Waals surface area contributed by atoms with E-state index in [9.17, 15) is 14.8 Å². The second-order valence-corrected chi connectivity index (χ2v) is 4.06. The highest BCUT2D eigenvalue weighted by Crippen LogP contribution is 2.19. The lowest BCUT2D eigenvalue weighted by Crippen LogP contribution is -2.32. The molecule has 0 unspecified atom stereocenters. The summed E-state index contributed by atoms with van der Waals surface area (Å²) in [6.07, 6.45) is 0. The number of hydrogen-bond donors (Lipinski definition) is 2. The molecule has 2 aromatic carbocycles. The van der Waals surface area contributed by atoms with Crippen LogP contribution in [0.3, 0.4) is 0 Å². The van der Waals surface area contributed by atoms with Crippen molar-refractivity contribution >= 4 is 29.1 Å². The van der Waals surface area contributed by atoms with Gasteiger partial charge in [-0.2, -0.15) is 0 Å². The third-order valence-corrected chi connectivity index (χ3v) is 2.62. The number of hydrogen-bond acceptors (Lipinski definition) is 4. The minimum absolute atomic E-state index is 0.0853. The monoisotopic (exact) mass is 244 g/mol. The molecule has 0 bridgehead atoms. The van der Waals surface area contributed by atoms with Crippen LogP contribution in [0.1, 0.15) is 6.92 Å². The Morgan fingerprint density at radius 1 is 1.22 bits per heavy atom. The Morgan fingerprint density at radius 3 is 2.61 bits per heavy atom. The van der Waals surface area contributed by atoms with E-state index < -0.39 is 7.12 Å². The van der Waals surface area contributed by atoms with E-state index in [1.165, 1.54) is 6.92 Å². The van der Waals surface area contributed by atoms with Crippen LogP contribution >= 0.6 is 0 Å². The number of carbonyl (C=O) groups is 1. The minimum atomic E-state index is -1.64. The lowest BCUT2D eigenvalue weighted by atomic mass is 9.76. The average molecular weight is 244 g/mol. The molecule has 0 amide bonds. The Kier molecular flexibility index (Phi) is 3.65. The molecule has 92 valence electrons. The number of ether oxygens (including phenoxy) is 1. The molecule has 0 radical (unpaired) electrons. The number of rotatable bonds is 4. The Morgan fingerprint density at radius 2 is 1.94 bits per heavy atom. The molecule has 4 nitrogen and oxygen atoms in total. The van der Waals surface area contributed by atoms with Crippen molar-refractivity contribution in [2.45, 2.75) is 6.92 Å². The molecule has 0 spiro atoms. The lowest BCUT2D eigenvalue weighted by Gasteiger charge is -2.12. The zero-order valence-corrected chi connectivity index (χ0v) is 9.96. The lowest BCUT2D eigenvalue weighted by molar-refractivity contribution is -0.118. The largest absolute Gasteiger partial charge is 0.492 e. The molecule has 0 aliphatic heterocycles. The van der Waals surface area contributed by atoms with Gasteiger partial charge in [0.1, 0.15) is 12.4 Å². The van der Waals surface area contributed by atoms with Crippen molar-refractivity contribution < 1.29 is 19.6 Å². The van der Waals surface area contributed by atoms with Crippen molar-refractivity contribution in [1.29, 1.82) is 0 Å². The molecule has 2 N–H and O–H groups in total. The smallest absolute Gasteiger partial charge is 0.486 e. The van der Waals surface area contributed by atoms with Gasteiger partial charge in [0.05, 0.1) is 0 Å². The quantitative estimate of drug-likeness (QED) is 0.768. The van der Waals surface area contributed by atoms with E-state index in [1.54, 1.807) is 12.1 Å². The molecule has 2 rings (SSSR count). The van der Waals surface area contributed by atoms with Crippen LogP contribution in [0.4, 0.5) is 0 Å². The van der Waals surface area contributed by atoms with E-state index in [2.05, 4.69) is 0 Å². The van der Waals surface area contributed by atoms with Gasteiger partial charge >= 0.3 is 7.12 Å². The molecule has 0 aliphatic carbocycles. The normalized spacial score (nSPS) is 10.4. The number of fused-ring (bicyclic) bond motifs is 1. The Bertz CT molecular complexity index is 580. The van der Waals surface area contributed by atoms with Crippen molar-refractivity contribution in [1.82, 2.24) is 0 Å². The summed E-state index contributed by atoms with van der Waals surface area (Å²) in [6, 6.07) is 10.8. The van der Waals surface area contributed by atoms with E-state index in [4.69, 9.17) is 4.74 Å². The summed E-state index contributed by atoms with van der Waals surface area (Å²) >= 11 is 0. The maximum Gasteiger partial charge on any atom is 0.492 e. The molecular weight excluding hydrogens is 231 g/mol. The van der Waals surface area contributed by atoms with Crippen LogP contribution in [0, 0.1) is 0 Å². The van der Waals surface area contributed by atoms with E-state index >= 15 is 0 Å². The molecule has 0 aliphatic rings. The summed E-state index contributed by atoms with van der Waals surface area (Å²) in [5.74, 6) is 0.195. The first-order valence-electron chi connectivity index (χ1n) is 5.59. The SMILES string of the molecule is CC(=O)COc1ccc2ccccc2c1B(O)O. The molecule has 2 aromatic rings. The summed E-state index contributed by atoms with van der Waals surface area (Å²) in [5.41, 5.74) is 0.286. The van der Waals surface area contributed by atoms with Crippen LogP contribution in [0.2, 0.25) is 0 Å². The van der Waals surface area contributed by atoms with Gasteiger partial charge in [-0.05, 0) is 23.8 Å². The molecule has 0 saturated heterocycles. The first kappa shape index (κ1) is 12.6. The van der Waals surface area contributed by atoms with Crippen molar-refractivity contribution in [3.63, 3.8) is 0 Å². The highest BCUT2D eigenvalue weighted by Gasteiger charge is 2.20. The van der Waals surface area contributed by atoms with Crippen LogP contribution in [0.15, 0.2) is 36.4 Å². The third kappa shape index (κ3) is 2.52. The molecule has 5 heteroatoms. The van der Waals surface area contributed by atoms with Gasteiger partial charge in [0.15, 0.2) is 5.78 Å². The summed E-state index contributed by atoms with van der Waals surface area (Å²) in [6.45, 7) is 1.33. The predicted molar refractivity (Wildman–Crippen MR) is 69.9 cm³/mol. The zero-order chi connectivity index (χ0) is 13.1. The number of ketones is 1. The van der Waals surface area contributed by atoms with Crippen LogP contribution in [-0.2, 0) is 4.79 Å². The molecule has 0 saturated carbocycles. The second-order valence-electron chi connectivity index (χ2n) is 4.06. The van der Waals surface area contributed by atoms with E-state index in [0.29, 0.717) is 11.1 Å². The van der Waals surface area contributed by atoms with Crippen LogP contribution in [-0.4, -0.2) is 29.6 Å². The molecule has 18 heavy (non-hydrogen) atoms. The van der Waals surface area contributed by atoms with Crippen LogP contribution in [0.5, 0.6) is 5.75 Å². The highest BCUT2D eigenvalue weighted by molar-refractivity contribution is 6.63.